The number of carbonyl (C=O) groups excluding carboxylic acids is 2. The highest BCUT2D eigenvalue weighted by molar-refractivity contribution is 6.04. The van der Waals surface area contributed by atoms with Crippen molar-refractivity contribution in [2.75, 3.05) is 17.7 Å². The van der Waals surface area contributed by atoms with Crippen molar-refractivity contribution in [3.63, 3.8) is 0 Å². The molecular weight excluding hydrogens is 462 g/mol. The van der Waals surface area contributed by atoms with Crippen LogP contribution >= 0.6 is 0 Å². The summed E-state index contributed by atoms with van der Waals surface area (Å²) < 4.78 is 4.83. The van der Waals surface area contributed by atoms with E-state index in [2.05, 4.69) is 27.8 Å². The van der Waals surface area contributed by atoms with Crippen molar-refractivity contribution in [3.05, 3.63) is 132 Å². The first-order chi connectivity index (χ1) is 18.1. The van der Waals surface area contributed by atoms with Crippen molar-refractivity contribution in [3.8, 4) is 0 Å². The fourth-order valence-corrected chi connectivity index (χ4v) is 4.10. The van der Waals surface area contributed by atoms with Crippen LogP contribution in [0.5, 0.6) is 0 Å². The monoisotopic (exact) mass is 487 g/mol. The molecule has 0 aliphatic heterocycles. The Balaban J connectivity index is 1.25. The third-order valence-corrected chi connectivity index (χ3v) is 6.05. The van der Waals surface area contributed by atoms with Gasteiger partial charge in [0.15, 0.2) is 0 Å². The molecule has 6 heteroatoms. The van der Waals surface area contributed by atoms with E-state index in [-0.39, 0.29) is 5.91 Å². The second kappa shape index (κ2) is 10.7. The van der Waals surface area contributed by atoms with Gasteiger partial charge >= 0.3 is 5.97 Å². The Morgan fingerprint density at radius 1 is 0.757 bits per heavy atom. The van der Waals surface area contributed by atoms with Crippen LogP contribution in [0.15, 0.2) is 109 Å². The lowest BCUT2D eigenvalue weighted by molar-refractivity contribution is 0.0600. The summed E-state index contributed by atoms with van der Waals surface area (Å²) in [6.07, 6.45) is 2.55. The van der Waals surface area contributed by atoms with Gasteiger partial charge in [-0.05, 0) is 78.2 Å². The molecule has 182 valence electrons. The van der Waals surface area contributed by atoms with Crippen molar-refractivity contribution in [1.29, 1.82) is 0 Å². The number of anilines is 3. The standard InChI is InChI=1S/C31H25N3O3/c1-37-31(36)24-11-16-28-27(20-24)29(17-18-32-28)33-25-14-9-23(10-15-25)30(35)34-26-12-7-22(8-13-26)19-21-5-3-2-4-6-21/h2-18,20H,19H2,1H3,(H,32,33)(H,34,35). The Hall–Kier alpha value is -4.97. The van der Waals surface area contributed by atoms with Crippen molar-refractivity contribution in [1.82, 2.24) is 4.98 Å². The lowest BCUT2D eigenvalue weighted by Crippen LogP contribution is -2.11. The number of hydrogen-bond acceptors (Lipinski definition) is 5. The van der Waals surface area contributed by atoms with Crippen LogP contribution in [0.3, 0.4) is 0 Å². The maximum absolute atomic E-state index is 12.8. The maximum atomic E-state index is 12.8. The first kappa shape index (κ1) is 23.8. The van der Waals surface area contributed by atoms with Gasteiger partial charge < -0.3 is 15.4 Å². The molecule has 0 radical (unpaired) electrons. The van der Waals surface area contributed by atoms with Gasteiger partial charge in [0, 0.05) is 34.2 Å². The number of fused-ring (bicyclic) bond motifs is 1. The molecule has 0 atom stereocenters. The Kier molecular flexibility index (Phi) is 6.90. The number of nitrogens with zero attached hydrogens (tertiary/aromatic N) is 1. The summed E-state index contributed by atoms with van der Waals surface area (Å²) in [4.78, 5) is 29.1. The second-order valence-electron chi connectivity index (χ2n) is 8.60. The minimum Gasteiger partial charge on any atom is -0.465 e. The molecule has 0 aliphatic carbocycles. The molecule has 0 bridgehead atoms. The van der Waals surface area contributed by atoms with Gasteiger partial charge in [0.1, 0.15) is 0 Å². The van der Waals surface area contributed by atoms with E-state index in [0.29, 0.717) is 11.1 Å². The summed E-state index contributed by atoms with van der Waals surface area (Å²) in [6, 6.07) is 32.5. The Labute approximate surface area is 215 Å². The summed E-state index contributed by atoms with van der Waals surface area (Å²) in [5.74, 6) is -0.586. The molecule has 5 rings (SSSR count). The number of aromatic nitrogens is 1. The molecular formula is C31H25N3O3. The fraction of sp³-hybridized carbons (Fsp3) is 0.0645. The molecule has 6 nitrogen and oxygen atoms in total. The molecule has 1 aromatic heterocycles. The van der Waals surface area contributed by atoms with Crippen molar-refractivity contribution in [2.24, 2.45) is 0 Å². The molecule has 0 spiro atoms. The summed E-state index contributed by atoms with van der Waals surface area (Å²) in [5.41, 5.74) is 6.52. The molecule has 0 saturated heterocycles. The fourth-order valence-electron chi connectivity index (χ4n) is 4.10. The molecule has 5 aromatic rings. The number of nitrogens with one attached hydrogen (secondary N) is 2. The highest BCUT2D eigenvalue weighted by atomic mass is 16.5. The first-order valence-electron chi connectivity index (χ1n) is 11.9. The van der Waals surface area contributed by atoms with E-state index >= 15 is 0 Å². The zero-order valence-corrected chi connectivity index (χ0v) is 20.3. The van der Waals surface area contributed by atoms with Gasteiger partial charge in [0.2, 0.25) is 0 Å². The van der Waals surface area contributed by atoms with E-state index in [4.69, 9.17) is 4.74 Å². The van der Waals surface area contributed by atoms with E-state index in [9.17, 15) is 9.59 Å². The van der Waals surface area contributed by atoms with E-state index in [1.54, 1.807) is 36.5 Å². The topological polar surface area (TPSA) is 80.3 Å². The van der Waals surface area contributed by atoms with Crippen LogP contribution < -0.4 is 10.6 Å². The van der Waals surface area contributed by atoms with Crippen LogP contribution in [0.4, 0.5) is 17.1 Å². The highest BCUT2D eigenvalue weighted by Crippen LogP contribution is 2.27. The summed E-state index contributed by atoms with van der Waals surface area (Å²) >= 11 is 0. The molecule has 0 aliphatic rings. The molecule has 0 fully saturated rings. The number of benzene rings is 4. The van der Waals surface area contributed by atoms with Gasteiger partial charge in [-0.1, -0.05) is 42.5 Å². The van der Waals surface area contributed by atoms with Crippen LogP contribution in [-0.2, 0) is 11.2 Å². The SMILES string of the molecule is COC(=O)c1ccc2nccc(Nc3ccc(C(=O)Nc4ccc(Cc5ccccc5)cc4)cc3)c2c1. The average Bonchev–Trinajstić information content (AvgIpc) is 2.94. The van der Waals surface area contributed by atoms with Crippen molar-refractivity contribution < 1.29 is 14.3 Å². The van der Waals surface area contributed by atoms with Crippen LogP contribution in [0.25, 0.3) is 10.9 Å². The normalized spacial score (nSPS) is 10.6. The van der Waals surface area contributed by atoms with Crippen LogP contribution in [0, 0.1) is 0 Å². The largest absolute Gasteiger partial charge is 0.465 e. The number of pyridine rings is 1. The summed E-state index contributed by atoms with van der Waals surface area (Å²) in [5, 5.41) is 7.10. The number of carbonyl (C=O) groups is 2. The molecule has 1 amide bonds. The van der Waals surface area contributed by atoms with E-state index in [1.807, 2.05) is 60.7 Å². The number of rotatable bonds is 7. The van der Waals surface area contributed by atoms with Gasteiger partial charge in [-0.3, -0.25) is 9.78 Å². The zero-order valence-electron chi connectivity index (χ0n) is 20.3. The van der Waals surface area contributed by atoms with E-state index < -0.39 is 5.97 Å². The Morgan fingerprint density at radius 2 is 1.43 bits per heavy atom. The number of esters is 1. The molecule has 37 heavy (non-hydrogen) atoms. The third-order valence-electron chi connectivity index (χ3n) is 6.05. The van der Waals surface area contributed by atoms with Gasteiger partial charge in [0.05, 0.1) is 18.2 Å². The molecule has 0 unspecified atom stereocenters. The average molecular weight is 488 g/mol. The minimum absolute atomic E-state index is 0.181. The maximum Gasteiger partial charge on any atom is 0.337 e. The van der Waals surface area contributed by atoms with Gasteiger partial charge in [0.25, 0.3) is 5.91 Å². The van der Waals surface area contributed by atoms with E-state index in [1.165, 1.54) is 18.2 Å². The predicted octanol–water partition coefficient (Wildman–Crippen LogP) is 6.61. The molecule has 4 aromatic carbocycles. The van der Waals surface area contributed by atoms with Gasteiger partial charge in [-0.2, -0.15) is 0 Å². The molecule has 0 saturated carbocycles. The van der Waals surface area contributed by atoms with Crippen LogP contribution in [-0.4, -0.2) is 24.0 Å². The van der Waals surface area contributed by atoms with Gasteiger partial charge in [-0.25, -0.2) is 4.79 Å². The number of amides is 1. The lowest BCUT2D eigenvalue weighted by atomic mass is 10.0. The highest BCUT2D eigenvalue weighted by Gasteiger charge is 2.10. The summed E-state index contributed by atoms with van der Waals surface area (Å²) in [7, 11) is 1.35. The first-order valence-corrected chi connectivity index (χ1v) is 11.9. The second-order valence-corrected chi connectivity index (χ2v) is 8.60. The van der Waals surface area contributed by atoms with Crippen molar-refractivity contribution in [2.45, 2.75) is 6.42 Å². The third kappa shape index (κ3) is 5.65. The molecule has 2 N–H and O–H groups in total. The Morgan fingerprint density at radius 3 is 2.16 bits per heavy atom. The predicted molar refractivity (Wildman–Crippen MR) is 146 cm³/mol. The number of ether oxygens (including phenoxy) is 1. The Bertz CT molecular complexity index is 1550. The zero-order chi connectivity index (χ0) is 25.6. The van der Waals surface area contributed by atoms with E-state index in [0.717, 1.165) is 34.4 Å². The van der Waals surface area contributed by atoms with Gasteiger partial charge in [-0.15, -0.1) is 0 Å². The minimum atomic E-state index is -0.405. The summed E-state index contributed by atoms with van der Waals surface area (Å²) in [6.45, 7) is 0. The lowest BCUT2D eigenvalue weighted by Gasteiger charge is -2.11. The quantitative estimate of drug-likeness (QED) is 0.253. The number of hydrogen-bond donors (Lipinski definition) is 2. The molecule has 1 heterocycles. The van der Waals surface area contributed by atoms with Crippen molar-refractivity contribution >= 4 is 39.8 Å². The smallest absolute Gasteiger partial charge is 0.337 e. The van der Waals surface area contributed by atoms with Crippen LogP contribution in [0.2, 0.25) is 0 Å². The number of methoxy groups -OCH3 is 1. The van der Waals surface area contributed by atoms with Crippen LogP contribution in [0.1, 0.15) is 31.8 Å².